The van der Waals surface area contributed by atoms with Crippen molar-refractivity contribution in [1.29, 1.82) is 0 Å². The molecular formula is C17H25N5O3S. The Balaban J connectivity index is 1.78. The molecule has 8 nitrogen and oxygen atoms in total. The Kier molecular flexibility index (Phi) is 5.57. The van der Waals surface area contributed by atoms with Gasteiger partial charge in [-0.15, -0.1) is 5.10 Å². The molecule has 9 heteroatoms. The summed E-state index contributed by atoms with van der Waals surface area (Å²) in [5, 5.41) is 8.17. The van der Waals surface area contributed by atoms with E-state index in [0.717, 1.165) is 18.4 Å². The molecule has 0 bridgehead atoms. The smallest absolute Gasteiger partial charge is 0.243 e. The van der Waals surface area contributed by atoms with Crippen molar-refractivity contribution in [2.45, 2.75) is 44.6 Å². The molecule has 2 heterocycles. The normalized spacial score (nSPS) is 15.6. The monoisotopic (exact) mass is 379 g/mol. The first-order valence-electron chi connectivity index (χ1n) is 9.08. The molecule has 0 unspecified atom stereocenters. The quantitative estimate of drug-likeness (QED) is 0.727. The first kappa shape index (κ1) is 18.8. The zero-order valence-electron chi connectivity index (χ0n) is 15.3. The van der Waals surface area contributed by atoms with E-state index < -0.39 is 10.0 Å². The number of hydrogen-bond acceptors (Lipinski definition) is 5. The van der Waals surface area contributed by atoms with Gasteiger partial charge in [0, 0.05) is 32.6 Å². The van der Waals surface area contributed by atoms with Crippen molar-refractivity contribution in [3.05, 3.63) is 18.2 Å². The van der Waals surface area contributed by atoms with Gasteiger partial charge in [-0.05, 0) is 44.9 Å². The Morgan fingerprint density at radius 1 is 1.19 bits per heavy atom. The Labute approximate surface area is 153 Å². The molecule has 1 aromatic heterocycles. The molecule has 0 saturated carbocycles. The first-order valence-corrected chi connectivity index (χ1v) is 10.5. The van der Waals surface area contributed by atoms with Crippen molar-refractivity contribution in [1.82, 2.24) is 24.2 Å². The van der Waals surface area contributed by atoms with Gasteiger partial charge in [-0.1, -0.05) is 5.21 Å². The van der Waals surface area contributed by atoms with Crippen LogP contribution in [0.2, 0.25) is 0 Å². The van der Waals surface area contributed by atoms with E-state index in [2.05, 4.69) is 10.3 Å². The van der Waals surface area contributed by atoms with Crippen LogP contribution in [0.4, 0.5) is 0 Å². The summed E-state index contributed by atoms with van der Waals surface area (Å²) in [5.74, 6) is 0.0758. The molecule has 2 aromatic rings. The number of aryl methyl sites for hydroxylation is 1. The minimum atomic E-state index is -3.47. The number of carbonyl (C=O) groups excluding carboxylic acids is 1. The maximum atomic E-state index is 12.7. The highest BCUT2D eigenvalue weighted by Crippen LogP contribution is 2.23. The third-order valence-electron chi connectivity index (χ3n) is 4.84. The highest BCUT2D eigenvalue weighted by molar-refractivity contribution is 7.89. The topological polar surface area (TPSA) is 88.4 Å². The number of aromatic nitrogens is 3. The van der Waals surface area contributed by atoms with Crippen LogP contribution in [0.5, 0.6) is 0 Å². The Morgan fingerprint density at radius 2 is 1.88 bits per heavy atom. The summed E-state index contributed by atoms with van der Waals surface area (Å²) in [6.45, 7) is 6.84. The number of rotatable bonds is 7. The number of hydrogen-bond donors (Lipinski definition) is 0. The molecule has 142 valence electrons. The molecule has 0 N–H and O–H groups in total. The van der Waals surface area contributed by atoms with Crippen LogP contribution in [0.15, 0.2) is 23.1 Å². The highest BCUT2D eigenvalue weighted by Gasteiger charge is 2.27. The standard InChI is InChI=1S/C17H25N5O3S/c1-3-20(4-2)17(23)9-12-22-16-8-7-14(13-15(16)18-19-22)26(24,25)21-10-5-6-11-21/h7-8,13H,3-6,9-12H2,1-2H3. The fraction of sp³-hybridized carbons (Fsp3) is 0.588. The molecule has 0 aliphatic carbocycles. The Morgan fingerprint density at radius 3 is 2.54 bits per heavy atom. The lowest BCUT2D eigenvalue weighted by atomic mass is 10.3. The molecule has 1 aliphatic rings. The van der Waals surface area contributed by atoms with Crippen molar-refractivity contribution < 1.29 is 13.2 Å². The van der Waals surface area contributed by atoms with E-state index in [-0.39, 0.29) is 10.8 Å². The predicted molar refractivity (Wildman–Crippen MR) is 98.1 cm³/mol. The zero-order chi connectivity index (χ0) is 18.7. The average Bonchev–Trinajstić information content (AvgIpc) is 3.31. The van der Waals surface area contributed by atoms with Gasteiger partial charge >= 0.3 is 0 Å². The van der Waals surface area contributed by atoms with Crippen molar-refractivity contribution in [2.75, 3.05) is 26.2 Å². The van der Waals surface area contributed by atoms with E-state index in [0.29, 0.717) is 44.7 Å². The van der Waals surface area contributed by atoms with Crippen LogP contribution in [-0.2, 0) is 21.4 Å². The van der Waals surface area contributed by atoms with Crippen LogP contribution in [0.3, 0.4) is 0 Å². The Hall–Kier alpha value is -2.00. The van der Waals surface area contributed by atoms with Crippen LogP contribution in [0.1, 0.15) is 33.1 Å². The third kappa shape index (κ3) is 3.59. The molecule has 1 aliphatic heterocycles. The van der Waals surface area contributed by atoms with Gasteiger partial charge in [-0.2, -0.15) is 4.31 Å². The lowest BCUT2D eigenvalue weighted by Crippen LogP contribution is -2.31. The summed E-state index contributed by atoms with van der Waals surface area (Å²) in [7, 11) is -3.47. The molecule has 0 atom stereocenters. The van der Waals surface area contributed by atoms with Gasteiger partial charge in [0.2, 0.25) is 15.9 Å². The summed E-state index contributed by atoms with van der Waals surface area (Å²) >= 11 is 0. The van der Waals surface area contributed by atoms with Gasteiger partial charge in [0.25, 0.3) is 0 Å². The second kappa shape index (κ2) is 7.71. The number of nitrogens with zero attached hydrogens (tertiary/aromatic N) is 5. The largest absolute Gasteiger partial charge is 0.343 e. The minimum absolute atomic E-state index is 0.0758. The second-order valence-corrected chi connectivity index (χ2v) is 8.33. The van der Waals surface area contributed by atoms with Gasteiger partial charge in [-0.3, -0.25) is 4.79 Å². The molecule has 3 rings (SSSR count). The van der Waals surface area contributed by atoms with E-state index in [4.69, 9.17) is 0 Å². The molecule has 1 saturated heterocycles. The lowest BCUT2D eigenvalue weighted by Gasteiger charge is -2.18. The van der Waals surface area contributed by atoms with Crippen LogP contribution in [-0.4, -0.2) is 64.7 Å². The Bertz CT molecular complexity index is 883. The number of benzene rings is 1. The van der Waals surface area contributed by atoms with E-state index in [9.17, 15) is 13.2 Å². The van der Waals surface area contributed by atoms with E-state index in [1.807, 2.05) is 13.8 Å². The van der Waals surface area contributed by atoms with Crippen molar-refractivity contribution in [3.8, 4) is 0 Å². The molecule has 0 spiro atoms. The molecule has 1 aromatic carbocycles. The second-order valence-electron chi connectivity index (χ2n) is 6.39. The maximum Gasteiger partial charge on any atom is 0.243 e. The fourth-order valence-corrected chi connectivity index (χ4v) is 4.83. The fourth-order valence-electron chi connectivity index (χ4n) is 3.29. The highest BCUT2D eigenvalue weighted by atomic mass is 32.2. The lowest BCUT2D eigenvalue weighted by molar-refractivity contribution is -0.131. The zero-order valence-corrected chi connectivity index (χ0v) is 16.1. The van der Waals surface area contributed by atoms with Crippen molar-refractivity contribution in [3.63, 3.8) is 0 Å². The molecule has 0 radical (unpaired) electrons. The minimum Gasteiger partial charge on any atom is -0.343 e. The average molecular weight is 379 g/mol. The summed E-state index contributed by atoms with van der Waals surface area (Å²) in [6.07, 6.45) is 2.14. The molecule has 26 heavy (non-hydrogen) atoms. The summed E-state index contributed by atoms with van der Waals surface area (Å²) in [6, 6.07) is 4.89. The number of sulfonamides is 1. The van der Waals surface area contributed by atoms with Crippen molar-refractivity contribution in [2.24, 2.45) is 0 Å². The van der Waals surface area contributed by atoms with Gasteiger partial charge in [0.05, 0.1) is 17.0 Å². The van der Waals surface area contributed by atoms with Crippen LogP contribution >= 0.6 is 0 Å². The number of carbonyl (C=O) groups is 1. The molecule has 1 amide bonds. The van der Waals surface area contributed by atoms with Crippen LogP contribution < -0.4 is 0 Å². The first-order chi connectivity index (χ1) is 12.5. The van der Waals surface area contributed by atoms with E-state index in [1.54, 1.807) is 27.8 Å². The van der Waals surface area contributed by atoms with Gasteiger partial charge in [0.15, 0.2) is 0 Å². The van der Waals surface area contributed by atoms with Gasteiger partial charge in [0.1, 0.15) is 5.52 Å². The summed E-state index contributed by atoms with van der Waals surface area (Å²) in [4.78, 5) is 14.2. The van der Waals surface area contributed by atoms with E-state index >= 15 is 0 Å². The van der Waals surface area contributed by atoms with Gasteiger partial charge in [-0.25, -0.2) is 13.1 Å². The number of fused-ring (bicyclic) bond motifs is 1. The summed E-state index contributed by atoms with van der Waals surface area (Å²) in [5.41, 5.74) is 1.26. The van der Waals surface area contributed by atoms with Crippen LogP contribution in [0, 0.1) is 0 Å². The van der Waals surface area contributed by atoms with Gasteiger partial charge < -0.3 is 4.90 Å². The van der Waals surface area contributed by atoms with Crippen molar-refractivity contribution >= 4 is 27.0 Å². The third-order valence-corrected chi connectivity index (χ3v) is 6.74. The summed E-state index contributed by atoms with van der Waals surface area (Å²) < 4.78 is 28.5. The maximum absolute atomic E-state index is 12.7. The molecular weight excluding hydrogens is 354 g/mol. The predicted octanol–water partition coefficient (Wildman–Crippen LogP) is 1.47. The van der Waals surface area contributed by atoms with E-state index in [1.165, 1.54) is 4.31 Å². The van der Waals surface area contributed by atoms with Crippen LogP contribution in [0.25, 0.3) is 11.0 Å². The SMILES string of the molecule is CCN(CC)C(=O)CCn1nnc2cc(S(=O)(=O)N3CCCC3)ccc21. The molecule has 1 fully saturated rings. The number of amides is 1.